The Morgan fingerprint density at radius 2 is 1.50 bits per heavy atom. The summed E-state index contributed by atoms with van der Waals surface area (Å²) in [5.41, 5.74) is 14.6. The van der Waals surface area contributed by atoms with Gasteiger partial charge in [0.05, 0.1) is 12.2 Å². The highest BCUT2D eigenvalue weighted by Crippen LogP contribution is 2.52. The van der Waals surface area contributed by atoms with Crippen LogP contribution in [-0.4, -0.2) is 12.8 Å². The number of hydrogen-bond donors (Lipinski definition) is 1. The molecule has 2 N–H and O–H groups in total. The molecule has 0 fully saturated rings. The van der Waals surface area contributed by atoms with Crippen molar-refractivity contribution in [1.82, 2.24) is 0 Å². The highest BCUT2D eigenvalue weighted by atomic mass is 15.5. The Hall–Kier alpha value is -3.85. The zero-order valence-corrected chi connectivity index (χ0v) is 16.5. The van der Waals surface area contributed by atoms with Crippen molar-refractivity contribution in [3.05, 3.63) is 102 Å². The summed E-state index contributed by atoms with van der Waals surface area (Å²) in [7, 11) is 0. The van der Waals surface area contributed by atoms with Gasteiger partial charge in [0.1, 0.15) is 0 Å². The number of nitrogens with zero attached hydrogens (tertiary/aromatic N) is 2. The Kier molecular flexibility index (Phi) is 3.75. The van der Waals surface area contributed by atoms with Gasteiger partial charge in [-0.3, -0.25) is 5.01 Å². The third-order valence-corrected chi connectivity index (χ3v) is 6.27. The second kappa shape index (κ2) is 6.60. The number of anilines is 1. The first-order chi connectivity index (χ1) is 14.8. The highest BCUT2D eigenvalue weighted by Gasteiger charge is 2.36. The van der Waals surface area contributed by atoms with Gasteiger partial charge in [-0.1, -0.05) is 60.7 Å². The van der Waals surface area contributed by atoms with E-state index in [1.165, 1.54) is 56.0 Å². The number of hydrogen-bond acceptors (Lipinski definition) is 3. The Labute approximate surface area is 175 Å². The Morgan fingerprint density at radius 1 is 0.800 bits per heavy atom. The number of benzene rings is 4. The summed E-state index contributed by atoms with van der Waals surface area (Å²) in [5, 5.41) is 9.35. The fourth-order valence-corrected chi connectivity index (χ4v) is 5.01. The first kappa shape index (κ1) is 17.0. The summed E-state index contributed by atoms with van der Waals surface area (Å²) in [6, 6.07) is 28.7. The molecule has 4 aromatic carbocycles. The number of rotatable bonds is 2. The monoisotopic (exact) mass is 387 g/mol. The van der Waals surface area contributed by atoms with Gasteiger partial charge in [-0.05, 0) is 74.6 Å². The van der Waals surface area contributed by atoms with E-state index in [2.05, 4.69) is 89.0 Å². The lowest BCUT2D eigenvalue weighted by Gasteiger charge is -2.18. The van der Waals surface area contributed by atoms with Crippen LogP contribution in [0.4, 0.5) is 5.69 Å². The molecule has 2 aliphatic rings. The van der Waals surface area contributed by atoms with Gasteiger partial charge >= 0.3 is 0 Å². The summed E-state index contributed by atoms with van der Waals surface area (Å²) in [6.45, 7) is 0.820. The topological polar surface area (TPSA) is 41.6 Å². The van der Waals surface area contributed by atoms with Crippen molar-refractivity contribution in [1.29, 1.82) is 0 Å². The third-order valence-electron chi connectivity index (χ3n) is 6.27. The fraction of sp³-hybridized carbons (Fsp3) is 0.0741. The van der Waals surface area contributed by atoms with Gasteiger partial charge in [0.2, 0.25) is 0 Å². The van der Waals surface area contributed by atoms with Crippen molar-refractivity contribution in [2.75, 3.05) is 11.6 Å². The molecule has 0 radical (unpaired) electrons. The Bertz CT molecular complexity index is 1350. The molecular weight excluding hydrogens is 366 g/mol. The summed E-state index contributed by atoms with van der Waals surface area (Å²) < 4.78 is 0. The molecule has 1 aliphatic heterocycles. The van der Waals surface area contributed by atoms with Gasteiger partial charge in [0, 0.05) is 12.1 Å². The minimum absolute atomic E-state index is 0.266. The quantitative estimate of drug-likeness (QED) is 0.435. The van der Waals surface area contributed by atoms with Crippen LogP contribution in [0, 0.1) is 0 Å². The van der Waals surface area contributed by atoms with E-state index in [9.17, 15) is 0 Å². The Balaban J connectivity index is 1.68. The minimum Gasteiger partial charge on any atom is -0.405 e. The van der Waals surface area contributed by atoms with Crippen LogP contribution in [0.15, 0.2) is 96.2 Å². The van der Waals surface area contributed by atoms with Crippen LogP contribution in [0.2, 0.25) is 0 Å². The van der Waals surface area contributed by atoms with Crippen molar-refractivity contribution in [2.45, 2.75) is 5.92 Å². The van der Waals surface area contributed by atoms with Crippen molar-refractivity contribution in [2.24, 2.45) is 10.8 Å². The van der Waals surface area contributed by atoms with Crippen LogP contribution in [-0.2, 0) is 0 Å². The van der Waals surface area contributed by atoms with E-state index >= 15 is 0 Å². The fourth-order valence-electron chi connectivity index (χ4n) is 5.01. The van der Waals surface area contributed by atoms with E-state index < -0.39 is 0 Å². The van der Waals surface area contributed by atoms with E-state index in [-0.39, 0.29) is 5.92 Å². The molecule has 0 spiro atoms. The zero-order valence-electron chi connectivity index (χ0n) is 16.5. The molecule has 1 aliphatic carbocycles. The molecule has 0 aromatic heterocycles. The molecule has 3 heteroatoms. The third kappa shape index (κ3) is 2.42. The predicted octanol–water partition coefficient (Wildman–Crippen LogP) is 5.90. The lowest BCUT2D eigenvalue weighted by molar-refractivity contribution is 0.811. The smallest absolute Gasteiger partial charge is 0.0639 e. The average molecular weight is 387 g/mol. The number of hydrazone groups is 1. The van der Waals surface area contributed by atoms with E-state index in [0.717, 1.165) is 6.54 Å². The van der Waals surface area contributed by atoms with Crippen LogP contribution in [0.1, 0.15) is 17.0 Å². The minimum atomic E-state index is 0.266. The first-order valence-electron chi connectivity index (χ1n) is 10.3. The van der Waals surface area contributed by atoms with Gasteiger partial charge in [-0.15, -0.1) is 0 Å². The second-order valence-electron chi connectivity index (χ2n) is 7.85. The summed E-state index contributed by atoms with van der Waals surface area (Å²) in [4.78, 5) is 0. The largest absolute Gasteiger partial charge is 0.405 e. The maximum Gasteiger partial charge on any atom is 0.0639 e. The second-order valence-corrected chi connectivity index (χ2v) is 7.85. The average Bonchev–Trinajstić information content (AvgIpc) is 3.12. The van der Waals surface area contributed by atoms with Crippen LogP contribution in [0.25, 0.3) is 33.0 Å². The van der Waals surface area contributed by atoms with E-state index in [1.807, 2.05) is 0 Å². The van der Waals surface area contributed by atoms with Crippen LogP contribution in [0.3, 0.4) is 0 Å². The van der Waals surface area contributed by atoms with Gasteiger partial charge in [-0.2, -0.15) is 5.10 Å². The molecule has 0 amide bonds. The predicted molar refractivity (Wildman–Crippen MR) is 126 cm³/mol. The number of nitrogens with two attached hydrogens (primary N) is 1. The highest BCUT2D eigenvalue weighted by molar-refractivity contribution is 5.97. The number of fused-ring (bicyclic) bond motifs is 6. The van der Waals surface area contributed by atoms with Gasteiger partial charge in [0.25, 0.3) is 0 Å². The molecule has 3 nitrogen and oxygen atoms in total. The molecule has 0 saturated carbocycles. The van der Waals surface area contributed by atoms with E-state index in [1.54, 1.807) is 12.3 Å². The molecule has 1 heterocycles. The molecule has 1 atom stereocenters. The summed E-state index contributed by atoms with van der Waals surface area (Å²) >= 11 is 0. The van der Waals surface area contributed by atoms with Crippen molar-refractivity contribution < 1.29 is 0 Å². The summed E-state index contributed by atoms with van der Waals surface area (Å²) in [6.07, 6.45) is 5.04. The number of allylic oxidation sites excluding steroid dienone is 1. The lowest BCUT2D eigenvalue weighted by Crippen LogP contribution is -2.16. The Morgan fingerprint density at radius 3 is 2.30 bits per heavy atom. The van der Waals surface area contributed by atoms with E-state index in [0.29, 0.717) is 0 Å². The van der Waals surface area contributed by atoms with Crippen LogP contribution in [0.5, 0.6) is 0 Å². The molecule has 4 aromatic rings. The maximum atomic E-state index is 5.49. The normalized spacial score (nSPS) is 16.7. The van der Waals surface area contributed by atoms with Crippen molar-refractivity contribution >= 4 is 22.7 Å². The molecule has 144 valence electrons. The van der Waals surface area contributed by atoms with Gasteiger partial charge in [0.15, 0.2) is 0 Å². The van der Waals surface area contributed by atoms with Crippen LogP contribution < -0.4 is 10.7 Å². The SMILES string of the molecule is NC=CC=NN1CC2c3cc4ccccc4cc3-c3ccccc3-c3cccc1c32. The molecule has 30 heavy (non-hydrogen) atoms. The maximum absolute atomic E-state index is 5.49. The molecule has 0 saturated heterocycles. The molecule has 6 rings (SSSR count). The van der Waals surface area contributed by atoms with Gasteiger partial charge in [-0.25, -0.2) is 0 Å². The van der Waals surface area contributed by atoms with Crippen molar-refractivity contribution in [3.8, 4) is 22.3 Å². The molecular formula is C27H21N3. The van der Waals surface area contributed by atoms with Crippen LogP contribution >= 0.6 is 0 Å². The van der Waals surface area contributed by atoms with Crippen molar-refractivity contribution in [3.63, 3.8) is 0 Å². The lowest BCUT2D eigenvalue weighted by atomic mass is 9.87. The molecule has 0 bridgehead atoms. The van der Waals surface area contributed by atoms with E-state index in [4.69, 9.17) is 5.73 Å². The standard InChI is InChI=1S/C27H21N3/c28-13-6-14-29-30-17-25-24-16-19-8-2-1-7-18(19)15-23(24)21-10-4-3-9-20(21)22-11-5-12-26(30)27(22)25/h1-16,25H,17,28H2. The molecule has 1 unspecified atom stereocenters. The first-order valence-corrected chi connectivity index (χ1v) is 10.3. The van der Waals surface area contributed by atoms with Gasteiger partial charge < -0.3 is 5.73 Å². The summed E-state index contributed by atoms with van der Waals surface area (Å²) in [5.74, 6) is 0.266. The zero-order chi connectivity index (χ0) is 20.1.